The third-order valence-corrected chi connectivity index (χ3v) is 13.3. The molecule has 68 heavy (non-hydrogen) atoms. The zero-order chi connectivity index (χ0) is 48.4. The quantitative estimate of drug-likeness (QED) is 0.0370. The van der Waals surface area contributed by atoms with Crippen LogP contribution < -0.4 is 16.0 Å². The van der Waals surface area contributed by atoms with Crippen LogP contribution in [0, 0.1) is 5.92 Å². The standard InChI is InChI=1S/C54H65N3O11/c1-33(19-23-39-29-54(32-65-54)30-40(68-39)28-51(60)63-6)20-24-48-34(2)27-47(37(5)67-48)56-49(58)25-21-35(3)66-50(59)26-22-38-13-7-12-18-46(38)57-52(61)36(4)55-53(62)64-31-45-43-16-10-8-14-41(43)42-15-9-11-17-44(42)45/h7-21,23,25,34-37,39-40,45,47-48H,22,24,26-32H2,1-6H3,(H,55,62)(H,56,58)(H,57,61)/b23-19+,25-21?,33-20+/t34-,35?,36-,37+,39+,40+,47+,48-,54+/m0/s1. The first kappa shape index (κ1) is 49.8. The number of methoxy groups -OCH3 is 1. The molecule has 3 aromatic rings. The fourth-order valence-electron chi connectivity index (χ4n) is 9.37. The van der Waals surface area contributed by atoms with Crippen LogP contribution >= 0.6 is 0 Å². The van der Waals surface area contributed by atoms with Gasteiger partial charge in [0.2, 0.25) is 11.8 Å². The molecule has 9 atom stereocenters. The summed E-state index contributed by atoms with van der Waals surface area (Å²) in [5, 5.41) is 8.55. The van der Waals surface area contributed by atoms with Crippen LogP contribution in [0.4, 0.5) is 10.5 Å². The van der Waals surface area contributed by atoms with Crippen molar-refractivity contribution in [2.45, 2.75) is 134 Å². The highest BCUT2D eigenvalue weighted by atomic mass is 16.6. The predicted octanol–water partition coefficient (Wildman–Crippen LogP) is 8.04. The first-order valence-corrected chi connectivity index (χ1v) is 23.7. The molecular weight excluding hydrogens is 867 g/mol. The maximum absolute atomic E-state index is 13.2. The smallest absolute Gasteiger partial charge is 0.407 e. The lowest BCUT2D eigenvalue weighted by Crippen LogP contribution is -2.50. The second-order valence-corrected chi connectivity index (χ2v) is 18.6. The van der Waals surface area contributed by atoms with Crippen molar-refractivity contribution in [1.29, 1.82) is 0 Å². The van der Waals surface area contributed by atoms with E-state index in [1.165, 1.54) is 13.2 Å². The number of carbonyl (C=O) groups is 5. The van der Waals surface area contributed by atoms with Gasteiger partial charge in [-0.1, -0.05) is 97.5 Å². The predicted molar refractivity (Wildman–Crippen MR) is 257 cm³/mol. The number of nitrogens with one attached hydrogen (secondary N) is 3. The normalized spacial score (nSPS) is 25.2. The summed E-state index contributed by atoms with van der Waals surface area (Å²) in [4.78, 5) is 63.8. The monoisotopic (exact) mass is 931 g/mol. The van der Waals surface area contributed by atoms with Gasteiger partial charge in [-0.2, -0.15) is 0 Å². The summed E-state index contributed by atoms with van der Waals surface area (Å²) < 4.78 is 34.3. The Morgan fingerprint density at radius 1 is 0.882 bits per heavy atom. The number of ether oxygens (including phenoxy) is 6. The zero-order valence-corrected chi connectivity index (χ0v) is 39.9. The lowest BCUT2D eigenvalue weighted by molar-refractivity contribution is -0.147. The molecule has 1 unspecified atom stereocenters. The highest BCUT2D eigenvalue weighted by Crippen LogP contribution is 2.45. The third kappa shape index (κ3) is 13.3. The van der Waals surface area contributed by atoms with Crippen molar-refractivity contribution < 1.29 is 52.4 Å². The summed E-state index contributed by atoms with van der Waals surface area (Å²) in [5.74, 6) is -1.41. The molecular formula is C54H65N3O11. The number of benzene rings is 3. The number of hydrogen-bond acceptors (Lipinski definition) is 11. The van der Waals surface area contributed by atoms with E-state index in [0.717, 1.165) is 52.7 Å². The van der Waals surface area contributed by atoms with Gasteiger partial charge in [0.25, 0.3) is 0 Å². The lowest BCUT2D eigenvalue weighted by Gasteiger charge is -2.39. The van der Waals surface area contributed by atoms with Crippen LogP contribution in [0.1, 0.15) is 95.8 Å². The number of esters is 2. The Hall–Kier alpha value is -6.09. The largest absolute Gasteiger partial charge is 0.469 e. The topological polar surface area (TPSA) is 180 Å². The molecule has 0 radical (unpaired) electrons. The van der Waals surface area contributed by atoms with E-state index in [1.54, 1.807) is 32.1 Å². The molecule has 4 aliphatic rings. The molecule has 3 heterocycles. The Morgan fingerprint density at radius 3 is 2.28 bits per heavy atom. The first-order chi connectivity index (χ1) is 32.7. The number of carbonyl (C=O) groups excluding carboxylic acids is 5. The number of alkyl carbamates (subject to hydrolysis) is 1. The van der Waals surface area contributed by atoms with E-state index in [2.05, 4.69) is 41.1 Å². The Balaban J connectivity index is 0.797. The van der Waals surface area contributed by atoms with Crippen molar-refractivity contribution in [3.8, 4) is 11.1 Å². The fraction of sp³-hybridized carbons (Fsp3) is 0.463. The Morgan fingerprint density at radius 2 is 1.57 bits per heavy atom. The van der Waals surface area contributed by atoms with E-state index in [1.807, 2.05) is 74.5 Å². The number of hydrogen-bond donors (Lipinski definition) is 3. The molecule has 3 amide bonds. The Kier molecular flexibility index (Phi) is 16.7. The minimum Gasteiger partial charge on any atom is -0.469 e. The second kappa shape index (κ2) is 22.8. The average Bonchev–Trinajstić information content (AvgIpc) is 3.98. The Bertz CT molecular complexity index is 2340. The number of amides is 3. The van der Waals surface area contributed by atoms with Crippen LogP contribution in [-0.2, 0) is 54.0 Å². The number of aryl methyl sites for hydroxylation is 1. The van der Waals surface area contributed by atoms with Gasteiger partial charge in [0.15, 0.2) is 0 Å². The van der Waals surface area contributed by atoms with Crippen LogP contribution in [0.5, 0.6) is 0 Å². The summed E-state index contributed by atoms with van der Waals surface area (Å²) in [6.45, 7) is 10.2. The number of anilines is 1. The van der Waals surface area contributed by atoms with Gasteiger partial charge in [0.05, 0.1) is 56.2 Å². The van der Waals surface area contributed by atoms with Crippen molar-refractivity contribution in [3.63, 3.8) is 0 Å². The van der Waals surface area contributed by atoms with Crippen molar-refractivity contribution in [2.75, 3.05) is 25.6 Å². The van der Waals surface area contributed by atoms with Gasteiger partial charge in [-0.25, -0.2) is 4.79 Å². The molecule has 1 spiro atoms. The molecule has 3 N–H and O–H groups in total. The van der Waals surface area contributed by atoms with Gasteiger partial charge < -0.3 is 44.4 Å². The van der Waals surface area contributed by atoms with Gasteiger partial charge in [-0.05, 0) is 92.8 Å². The molecule has 0 aromatic heterocycles. The number of rotatable bonds is 18. The Labute approximate surface area is 399 Å². The molecule has 0 saturated carbocycles. The number of fused-ring (bicyclic) bond motifs is 3. The molecule has 362 valence electrons. The molecule has 7 rings (SSSR count). The van der Waals surface area contributed by atoms with Crippen LogP contribution in [-0.4, -0.2) is 98.4 Å². The number of epoxide rings is 1. The number of para-hydroxylation sites is 1. The summed E-state index contributed by atoms with van der Waals surface area (Å²) in [6.07, 6.45) is 10.7. The van der Waals surface area contributed by atoms with E-state index >= 15 is 0 Å². The van der Waals surface area contributed by atoms with E-state index in [0.29, 0.717) is 18.7 Å². The van der Waals surface area contributed by atoms with Crippen molar-refractivity contribution in [3.05, 3.63) is 125 Å². The first-order valence-electron chi connectivity index (χ1n) is 23.7. The second-order valence-electron chi connectivity index (χ2n) is 18.6. The molecule has 3 aromatic carbocycles. The molecule has 3 saturated heterocycles. The maximum atomic E-state index is 13.2. The molecule has 1 aliphatic carbocycles. The van der Waals surface area contributed by atoms with Gasteiger partial charge in [0.1, 0.15) is 18.8 Å². The lowest BCUT2D eigenvalue weighted by atomic mass is 9.88. The van der Waals surface area contributed by atoms with Gasteiger partial charge in [-0.3, -0.25) is 19.2 Å². The third-order valence-electron chi connectivity index (χ3n) is 13.3. The van der Waals surface area contributed by atoms with Crippen LogP contribution in [0.3, 0.4) is 0 Å². The summed E-state index contributed by atoms with van der Waals surface area (Å²) in [7, 11) is 1.38. The van der Waals surface area contributed by atoms with Gasteiger partial charge in [0, 0.05) is 36.9 Å². The van der Waals surface area contributed by atoms with E-state index in [9.17, 15) is 24.0 Å². The highest BCUT2D eigenvalue weighted by Gasteiger charge is 2.51. The van der Waals surface area contributed by atoms with Crippen LogP contribution in [0.2, 0.25) is 0 Å². The van der Waals surface area contributed by atoms with Gasteiger partial charge >= 0.3 is 18.0 Å². The fourth-order valence-corrected chi connectivity index (χ4v) is 9.37. The van der Waals surface area contributed by atoms with E-state index in [-0.39, 0.29) is 85.6 Å². The van der Waals surface area contributed by atoms with Crippen LogP contribution in [0.15, 0.2) is 109 Å². The van der Waals surface area contributed by atoms with Crippen molar-refractivity contribution >= 4 is 35.5 Å². The summed E-state index contributed by atoms with van der Waals surface area (Å²) in [5.41, 5.74) is 6.55. The molecule has 14 nitrogen and oxygen atoms in total. The average molecular weight is 932 g/mol. The SMILES string of the molecule is COC(=O)C[C@@H]1C[C@@]2(CO2)C[C@@H](/C=C/C(C)=C/C[C@@H]2O[C@H](C)[C@H](NC(=O)C=CC(C)OC(=O)CCc3ccccc3NC(=O)[C@H](C)NC(=O)OCC3c4ccccc4-c4ccccc43)C[C@@H]2C)O1. The molecule has 0 bridgehead atoms. The molecule has 14 heteroatoms. The van der Waals surface area contributed by atoms with Crippen molar-refractivity contribution in [2.24, 2.45) is 5.92 Å². The highest BCUT2D eigenvalue weighted by molar-refractivity contribution is 5.97. The zero-order valence-electron chi connectivity index (χ0n) is 39.9. The van der Waals surface area contributed by atoms with E-state index in [4.69, 9.17) is 28.4 Å². The summed E-state index contributed by atoms with van der Waals surface area (Å²) in [6, 6.07) is 22.2. The number of allylic oxidation sites excluding steroid dienone is 2. The van der Waals surface area contributed by atoms with Gasteiger partial charge in [-0.15, -0.1) is 0 Å². The maximum Gasteiger partial charge on any atom is 0.407 e. The van der Waals surface area contributed by atoms with Crippen molar-refractivity contribution in [1.82, 2.24) is 10.6 Å². The van der Waals surface area contributed by atoms with E-state index < -0.39 is 30.1 Å². The van der Waals surface area contributed by atoms with Crippen LogP contribution in [0.25, 0.3) is 11.1 Å². The minimum atomic E-state index is -0.903. The summed E-state index contributed by atoms with van der Waals surface area (Å²) >= 11 is 0. The molecule has 3 aliphatic heterocycles. The molecule has 3 fully saturated rings. The minimum absolute atomic E-state index is 0.0134.